The van der Waals surface area contributed by atoms with Crippen LogP contribution in [0.2, 0.25) is 0 Å². The number of aliphatic hydroxyl groups excluding tert-OH is 2. The van der Waals surface area contributed by atoms with E-state index < -0.39 is 55.0 Å². The molecule has 26 nitrogen and oxygen atoms in total. The highest BCUT2D eigenvalue weighted by Crippen LogP contribution is 2.36. The van der Waals surface area contributed by atoms with Crippen molar-refractivity contribution in [1.82, 2.24) is 65.6 Å². The number of carbonyl (C=O) groups is 4. The van der Waals surface area contributed by atoms with Crippen molar-refractivity contribution < 1.29 is 52.8 Å². The van der Waals surface area contributed by atoms with Crippen molar-refractivity contribution in [2.75, 3.05) is 67.5 Å². The van der Waals surface area contributed by atoms with Crippen molar-refractivity contribution >= 4 is 41.1 Å². The molecule has 3 aromatic carbocycles. The van der Waals surface area contributed by atoms with Gasteiger partial charge in [-0.25, -0.2) is 42.2 Å². The summed E-state index contributed by atoms with van der Waals surface area (Å²) in [5.74, 6) is -1.64. The second-order valence-corrected chi connectivity index (χ2v) is 21.9. The lowest BCUT2D eigenvalue weighted by Crippen LogP contribution is -2.28. The van der Waals surface area contributed by atoms with Crippen LogP contribution in [0.15, 0.2) is 110 Å². The van der Waals surface area contributed by atoms with Gasteiger partial charge in [-0.05, 0) is 61.0 Å². The number of amides is 4. The number of benzene rings is 3. The monoisotopic (exact) mass is 1270 g/mol. The Balaban J connectivity index is 0.000000132. The Kier molecular flexibility index (Phi) is 15.2. The van der Waals surface area contributed by atoms with Crippen LogP contribution in [0.5, 0.6) is 0 Å². The van der Waals surface area contributed by atoms with Crippen LogP contribution in [0.3, 0.4) is 0 Å². The molecule has 3 fully saturated rings. The number of hydrogen-bond donors (Lipinski definition) is 6. The Morgan fingerprint density at radius 3 is 1.35 bits per heavy atom. The molecule has 29 heteroatoms. The van der Waals surface area contributed by atoms with Gasteiger partial charge in [-0.2, -0.15) is 31.1 Å². The van der Waals surface area contributed by atoms with Crippen molar-refractivity contribution in [1.29, 1.82) is 15.8 Å². The smallest absolute Gasteiger partial charge is 0.255 e. The minimum absolute atomic E-state index is 0.00150. The normalized spacial score (nSPS) is 19.4. The number of anilines is 3. The number of rotatable bonds is 10. The maximum atomic E-state index is 14.7. The number of carbonyl (C=O) groups excluding carboxylic acids is 4. The average molecular weight is 1270 g/mol. The molecule has 0 saturated carbocycles. The van der Waals surface area contributed by atoms with E-state index in [0.29, 0.717) is 90.4 Å². The van der Waals surface area contributed by atoms with Crippen LogP contribution in [-0.2, 0) is 29.2 Å². The summed E-state index contributed by atoms with van der Waals surface area (Å²) in [6.45, 7) is -1.61. The molecule has 4 amide bonds. The molecular weight excluding hydrogens is 1220 g/mol. The molecule has 6 aromatic heterocycles. The first-order valence-electron chi connectivity index (χ1n) is 31.3. The summed E-state index contributed by atoms with van der Waals surface area (Å²) in [7, 11) is 1.55. The lowest BCUT2D eigenvalue weighted by molar-refractivity contribution is -0.120. The van der Waals surface area contributed by atoms with Crippen LogP contribution in [0, 0.1) is 51.4 Å². The molecule has 0 spiro atoms. The predicted octanol–water partition coefficient (Wildman–Crippen LogP) is 4.66. The quantitative estimate of drug-likeness (QED) is 0.108. The number of nitrogens with zero attached hydrogens (tertiary/aromatic N) is 15. The number of ether oxygens (including phenoxy) is 1. The summed E-state index contributed by atoms with van der Waals surface area (Å²) in [4.78, 5) is 67.2. The molecule has 6 N–H and O–H groups in total. The number of β-amino-alcohol motifs (C(OH)–C–C–N with tert-alkyl or cyclic N) is 2. The first-order chi connectivity index (χ1) is 47.1. The minimum atomic E-state index is -2.42. The summed E-state index contributed by atoms with van der Waals surface area (Å²) >= 11 is 0. The standard InChI is InChI=1S/C22H18FN7O2.C22H19FN6O3.C21H17FN6O2/c23-14-3-1-2-13(11-24)20(14)15-10-17(21-16(27-15)12-26-22(21)32)30-8-4-18(28-30)29-7-5-19(31)25-6-9-29;1-32-18-11-28(10-17(18)30)19-5-6-29(27-19)16-7-14(26-15-9-25-22(31)21(15)16)20-12(8-24)3-2-4-13(20)23;22-14-3-1-2-12(9-23)19(14)15-8-17(20-16(25-15)10-24-21(20)30)28-7-5-18(26-28)27-6-4-13(29)11-27/h1-4,8,10H,5-7,9,12H2,(H,25,31)(H,26,32);2-7,17-18,30H,9-11H2,1H3,(H,25,31);1-3,5,7-8,13,29H,4,6,10-11H2,(H,24,30)/t;17-,18+;13-/m.10/s1/i;;6D2,11D2. The molecule has 0 bridgehead atoms. The van der Waals surface area contributed by atoms with Crippen LogP contribution in [0.4, 0.5) is 30.6 Å². The predicted molar refractivity (Wildman–Crippen MR) is 330 cm³/mol. The molecule has 3 atom stereocenters. The highest BCUT2D eigenvalue weighted by molar-refractivity contribution is 6.03. The van der Waals surface area contributed by atoms with Gasteiger partial charge in [0.1, 0.15) is 23.6 Å². The third-order valence-electron chi connectivity index (χ3n) is 16.2. The highest BCUT2D eigenvalue weighted by atomic mass is 19.1. The number of fused-ring (bicyclic) bond motifs is 3. The maximum Gasteiger partial charge on any atom is 0.255 e. The van der Waals surface area contributed by atoms with E-state index in [9.17, 15) is 58.3 Å². The Morgan fingerprint density at radius 1 is 0.553 bits per heavy atom. The minimum Gasteiger partial charge on any atom is -0.391 e. The van der Waals surface area contributed by atoms with Gasteiger partial charge in [0.2, 0.25) is 5.91 Å². The van der Waals surface area contributed by atoms with Crippen molar-refractivity contribution in [3.05, 3.63) is 178 Å². The van der Waals surface area contributed by atoms with E-state index in [2.05, 4.69) is 51.5 Å². The Hall–Kier alpha value is -11.8. The number of nitrogens with one attached hydrogen (secondary N) is 4. The van der Waals surface area contributed by atoms with E-state index in [0.717, 1.165) is 4.90 Å². The SMILES string of the molecule is CO[C@H]1CN(c2ccn(-c3cc(-c4c(F)cccc4C#N)nc4c3C(=O)NC4)n2)C[C@H]1O.N#Cc1cccc(F)c1-c1cc(-n2ccc(N3CCNC(=O)CC3)n2)c2c(n1)CNC2=O.[2H]C1([2H])C[C@H](O)C([2H])([2H])N1c1ccn(-c2cc(-c3c(F)cccc3C#N)nc3c2C(=O)NC3)n1. The summed E-state index contributed by atoms with van der Waals surface area (Å²) in [5, 5.41) is 72.9. The van der Waals surface area contributed by atoms with Gasteiger partial charge in [-0.3, -0.25) is 19.2 Å². The van der Waals surface area contributed by atoms with Crippen LogP contribution >= 0.6 is 0 Å². The second-order valence-electron chi connectivity index (χ2n) is 21.9. The third-order valence-corrected chi connectivity index (χ3v) is 16.2. The molecule has 12 heterocycles. The summed E-state index contributed by atoms with van der Waals surface area (Å²) in [6, 6.07) is 28.0. The molecule has 3 saturated heterocycles. The van der Waals surface area contributed by atoms with Crippen LogP contribution < -0.4 is 36.0 Å². The fourth-order valence-electron chi connectivity index (χ4n) is 11.7. The molecule has 0 radical (unpaired) electrons. The Labute approximate surface area is 538 Å². The molecule has 15 rings (SSSR count). The number of halogens is 3. The van der Waals surface area contributed by atoms with Crippen LogP contribution in [-0.4, -0.2) is 149 Å². The summed E-state index contributed by atoms with van der Waals surface area (Å²) in [5.41, 5.74) is 4.35. The topological polar surface area (TPSA) is 339 Å². The van der Waals surface area contributed by atoms with E-state index in [1.807, 2.05) is 28.0 Å². The van der Waals surface area contributed by atoms with Gasteiger partial charge in [0.15, 0.2) is 17.5 Å². The Morgan fingerprint density at radius 2 is 0.968 bits per heavy atom. The molecule has 0 unspecified atom stereocenters. The zero-order valence-electron chi connectivity index (χ0n) is 53.5. The lowest BCUT2D eigenvalue weighted by atomic mass is 10.0. The Bertz CT molecular complexity index is 4910. The third kappa shape index (κ3) is 11.6. The number of hydrogen-bond acceptors (Lipinski definition) is 19. The summed E-state index contributed by atoms with van der Waals surface area (Å²) in [6.07, 6.45) is 2.23. The highest BCUT2D eigenvalue weighted by Gasteiger charge is 2.35. The van der Waals surface area contributed by atoms with E-state index in [1.165, 1.54) is 82.3 Å². The number of aliphatic hydroxyl groups is 2. The van der Waals surface area contributed by atoms with E-state index in [4.69, 9.17) is 10.2 Å². The van der Waals surface area contributed by atoms with Gasteiger partial charge in [0.05, 0.1) is 154 Å². The second kappa shape index (κ2) is 25.4. The number of methoxy groups -OCH3 is 1. The van der Waals surface area contributed by atoms with E-state index in [1.54, 1.807) is 48.5 Å². The van der Waals surface area contributed by atoms with Crippen LogP contribution in [0.25, 0.3) is 50.8 Å². The van der Waals surface area contributed by atoms with Crippen molar-refractivity contribution in [2.45, 2.75) is 50.8 Å². The van der Waals surface area contributed by atoms with Crippen molar-refractivity contribution in [2.24, 2.45) is 0 Å². The van der Waals surface area contributed by atoms with Crippen LogP contribution in [0.1, 0.15) is 83.2 Å². The first kappa shape index (κ1) is 56.2. The van der Waals surface area contributed by atoms with E-state index in [-0.39, 0.29) is 111 Å². The maximum absolute atomic E-state index is 14.7. The van der Waals surface area contributed by atoms with Gasteiger partial charge in [0, 0.05) is 98.8 Å². The molecular formula is C65H54F3N19O7. The zero-order chi connectivity index (χ0) is 69.1. The fraction of sp³-hybridized carbons (Fsp3) is 0.246. The van der Waals surface area contributed by atoms with Gasteiger partial charge < -0.3 is 50.9 Å². The average Bonchev–Trinajstić information content (AvgIpc) is 1.56. The zero-order valence-corrected chi connectivity index (χ0v) is 49.5. The van der Waals surface area contributed by atoms with Crippen molar-refractivity contribution in [3.8, 4) is 69.0 Å². The first-order valence-corrected chi connectivity index (χ1v) is 29.3. The van der Waals surface area contributed by atoms with Gasteiger partial charge in [0.25, 0.3) is 17.7 Å². The summed E-state index contributed by atoms with van der Waals surface area (Å²) < 4.78 is 86.2. The van der Waals surface area contributed by atoms with Crippen molar-refractivity contribution in [3.63, 3.8) is 0 Å². The molecule has 6 aliphatic rings. The molecule has 0 aliphatic carbocycles. The van der Waals surface area contributed by atoms with Gasteiger partial charge in [-0.15, -0.1) is 0 Å². The number of pyridine rings is 3. The number of nitriles is 3. The van der Waals surface area contributed by atoms with E-state index >= 15 is 0 Å². The molecule has 94 heavy (non-hydrogen) atoms. The fourth-order valence-corrected chi connectivity index (χ4v) is 11.7. The lowest BCUT2D eigenvalue weighted by Gasteiger charge is -2.18. The molecule has 9 aromatic rings. The van der Waals surface area contributed by atoms with Gasteiger partial charge in [-0.1, -0.05) is 18.2 Å². The molecule has 6 aliphatic heterocycles. The van der Waals surface area contributed by atoms with Gasteiger partial charge >= 0.3 is 0 Å². The number of aromatic nitrogens is 9. The largest absolute Gasteiger partial charge is 0.391 e. The molecule has 472 valence electrons.